The van der Waals surface area contributed by atoms with Crippen LogP contribution in [0.1, 0.15) is 16.9 Å². The van der Waals surface area contributed by atoms with Crippen LogP contribution in [0.5, 0.6) is 0 Å². The maximum absolute atomic E-state index is 12.5. The van der Waals surface area contributed by atoms with Gasteiger partial charge in [0.05, 0.1) is 17.4 Å². The number of nitrogens with one attached hydrogen (secondary N) is 1. The van der Waals surface area contributed by atoms with Gasteiger partial charge in [-0.1, -0.05) is 29.8 Å². The minimum Gasteiger partial charge on any atom is -0.351 e. The molecule has 0 aliphatic heterocycles. The molecule has 2 aromatic heterocycles. The van der Waals surface area contributed by atoms with Crippen molar-refractivity contribution in [2.24, 2.45) is 7.05 Å². The molecule has 1 N–H and O–H groups in total. The lowest BCUT2D eigenvalue weighted by atomic mass is 10.2. The van der Waals surface area contributed by atoms with Gasteiger partial charge in [0.1, 0.15) is 5.69 Å². The Morgan fingerprint density at radius 3 is 2.81 bits per heavy atom. The average Bonchev–Trinajstić information content (AvgIpc) is 3.21. The average molecular weight is 367 g/mol. The summed E-state index contributed by atoms with van der Waals surface area (Å²) in [5.41, 5.74) is 3.67. The number of carbonyl (C=O) groups excluding carboxylic acids is 1. The van der Waals surface area contributed by atoms with Crippen LogP contribution in [0, 0.1) is 0 Å². The van der Waals surface area contributed by atoms with Crippen molar-refractivity contribution in [1.82, 2.24) is 19.4 Å². The molecular formula is C20H19ClN4O. The molecule has 0 bridgehead atoms. The van der Waals surface area contributed by atoms with Gasteiger partial charge in [0.2, 0.25) is 0 Å². The number of rotatable bonds is 5. The zero-order valence-corrected chi connectivity index (χ0v) is 15.2. The molecule has 1 amide bonds. The number of imidazole rings is 1. The summed E-state index contributed by atoms with van der Waals surface area (Å²) in [5.74, 6) is -0.0877. The fourth-order valence-corrected chi connectivity index (χ4v) is 3.50. The third-order valence-electron chi connectivity index (χ3n) is 4.66. The third kappa shape index (κ3) is 2.95. The van der Waals surface area contributed by atoms with Crippen molar-refractivity contribution in [2.75, 3.05) is 6.54 Å². The van der Waals surface area contributed by atoms with Crippen molar-refractivity contribution in [3.8, 4) is 0 Å². The summed E-state index contributed by atoms with van der Waals surface area (Å²) in [6.07, 6.45) is 2.68. The van der Waals surface area contributed by atoms with E-state index in [0.29, 0.717) is 17.3 Å². The summed E-state index contributed by atoms with van der Waals surface area (Å²) in [4.78, 5) is 16.9. The SMILES string of the molecule is Cn1c(C(=O)NCCCn2cnc3ccccc32)cc2c(Cl)cccc21. The molecule has 0 aliphatic rings. The van der Waals surface area contributed by atoms with E-state index in [1.807, 2.05) is 60.4 Å². The minimum absolute atomic E-state index is 0.0877. The zero-order valence-electron chi connectivity index (χ0n) is 14.4. The van der Waals surface area contributed by atoms with Crippen LogP contribution in [0.4, 0.5) is 0 Å². The maximum atomic E-state index is 12.5. The van der Waals surface area contributed by atoms with Gasteiger partial charge >= 0.3 is 0 Å². The van der Waals surface area contributed by atoms with E-state index >= 15 is 0 Å². The lowest BCUT2D eigenvalue weighted by Crippen LogP contribution is -2.26. The van der Waals surface area contributed by atoms with Gasteiger partial charge in [-0.2, -0.15) is 0 Å². The second-order valence-electron chi connectivity index (χ2n) is 6.30. The van der Waals surface area contributed by atoms with Crippen LogP contribution in [0.2, 0.25) is 5.02 Å². The van der Waals surface area contributed by atoms with Crippen molar-refractivity contribution >= 4 is 39.4 Å². The highest BCUT2D eigenvalue weighted by Crippen LogP contribution is 2.26. The van der Waals surface area contributed by atoms with Crippen LogP contribution in [-0.4, -0.2) is 26.6 Å². The molecule has 2 heterocycles. The van der Waals surface area contributed by atoms with E-state index in [9.17, 15) is 4.79 Å². The van der Waals surface area contributed by atoms with Gasteiger partial charge in [0.25, 0.3) is 5.91 Å². The molecular weight excluding hydrogens is 348 g/mol. The van der Waals surface area contributed by atoms with E-state index in [4.69, 9.17) is 11.6 Å². The number of halogens is 1. The second-order valence-corrected chi connectivity index (χ2v) is 6.70. The third-order valence-corrected chi connectivity index (χ3v) is 4.98. The Morgan fingerprint density at radius 1 is 1.15 bits per heavy atom. The minimum atomic E-state index is -0.0877. The Balaban J connectivity index is 1.40. The Labute approximate surface area is 156 Å². The molecule has 0 saturated carbocycles. The molecule has 4 aromatic rings. The van der Waals surface area contributed by atoms with Crippen LogP contribution in [0.3, 0.4) is 0 Å². The van der Waals surface area contributed by atoms with Crippen LogP contribution in [-0.2, 0) is 13.6 Å². The predicted molar refractivity (Wildman–Crippen MR) is 105 cm³/mol. The zero-order chi connectivity index (χ0) is 18.1. The first-order valence-electron chi connectivity index (χ1n) is 8.57. The molecule has 0 atom stereocenters. The quantitative estimate of drug-likeness (QED) is 0.543. The number of aromatic nitrogens is 3. The van der Waals surface area contributed by atoms with Crippen LogP contribution in [0.25, 0.3) is 21.9 Å². The largest absolute Gasteiger partial charge is 0.351 e. The monoisotopic (exact) mass is 366 g/mol. The van der Waals surface area contributed by atoms with Crippen molar-refractivity contribution in [3.63, 3.8) is 0 Å². The number of nitrogens with zero attached hydrogens (tertiary/aromatic N) is 3. The van der Waals surface area contributed by atoms with Gasteiger partial charge in [-0.25, -0.2) is 4.98 Å². The highest BCUT2D eigenvalue weighted by Gasteiger charge is 2.14. The Kier molecular flexibility index (Phi) is 4.39. The lowest BCUT2D eigenvalue weighted by molar-refractivity contribution is 0.0945. The first-order valence-corrected chi connectivity index (χ1v) is 8.95. The molecule has 132 valence electrons. The second kappa shape index (κ2) is 6.84. The Bertz CT molecular complexity index is 1100. The van der Waals surface area contributed by atoms with Gasteiger partial charge in [0, 0.05) is 36.1 Å². The Morgan fingerprint density at radius 2 is 1.96 bits per heavy atom. The van der Waals surface area contributed by atoms with Gasteiger partial charge in [-0.3, -0.25) is 4.79 Å². The topological polar surface area (TPSA) is 51.9 Å². The number of fused-ring (bicyclic) bond motifs is 2. The molecule has 26 heavy (non-hydrogen) atoms. The highest BCUT2D eigenvalue weighted by molar-refractivity contribution is 6.35. The normalized spacial score (nSPS) is 11.3. The summed E-state index contributed by atoms with van der Waals surface area (Å²) in [5, 5.41) is 4.55. The fourth-order valence-electron chi connectivity index (χ4n) is 3.27. The number of amides is 1. The standard InChI is InChI=1S/C20H19ClN4O/c1-24-17-9-4-6-15(21)14(17)12-19(24)20(26)22-10-5-11-25-13-23-16-7-2-3-8-18(16)25/h2-4,6-9,12-13H,5,10-11H2,1H3,(H,22,26). The molecule has 0 radical (unpaired) electrons. The van der Waals surface area contributed by atoms with E-state index in [-0.39, 0.29) is 5.91 Å². The number of carbonyl (C=O) groups is 1. The maximum Gasteiger partial charge on any atom is 0.267 e. The summed E-state index contributed by atoms with van der Waals surface area (Å²) < 4.78 is 3.98. The lowest BCUT2D eigenvalue weighted by Gasteiger charge is -2.08. The number of aryl methyl sites for hydroxylation is 2. The van der Waals surface area contributed by atoms with Gasteiger partial charge in [0.15, 0.2) is 0 Å². The van der Waals surface area contributed by atoms with Gasteiger partial charge in [-0.05, 0) is 36.8 Å². The Hall–Kier alpha value is -2.79. The molecule has 0 unspecified atom stereocenters. The number of benzene rings is 2. The summed E-state index contributed by atoms with van der Waals surface area (Å²) >= 11 is 6.22. The van der Waals surface area contributed by atoms with E-state index in [0.717, 1.165) is 34.9 Å². The smallest absolute Gasteiger partial charge is 0.267 e. The number of hydrogen-bond acceptors (Lipinski definition) is 2. The van der Waals surface area contributed by atoms with E-state index in [1.54, 1.807) is 0 Å². The van der Waals surface area contributed by atoms with E-state index in [1.165, 1.54) is 0 Å². The number of hydrogen-bond donors (Lipinski definition) is 1. The first-order chi connectivity index (χ1) is 12.6. The summed E-state index contributed by atoms with van der Waals surface area (Å²) in [6, 6.07) is 15.6. The van der Waals surface area contributed by atoms with Crippen LogP contribution >= 0.6 is 11.6 Å². The number of para-hydroxylation sites is 2. The molecule has 4 rings (SSSR count). The molecule has 0 saturated heterocycles. The van der Waals surface area contributed by atoms with Gasteiger partial charge < -0.3 is 14.5 Å². The molecule has 6 heteroatoms. The molecule has 0 spiro atoms. The van der Waals surface area contributed by atoms with Crippen molar-refractivity contribution < 1.29 is 4.79 Å². The fraction of sp³-hybridized carbons (Fsp3) is 0.200. The van der Waals surface area contributed by atoms with Gasteiger partial charge in [-0.15, -0.1) is 0 Å². The van der Waals surface area contributed by atoms with E-state index in [2.05, 4.69) is 20.9 Å². The molecule has 0 fully saturated rings. The van der Waals surface area contributed by atoms with Crippen molar-refractivity contribution in [3.05, 3.63) is 65.6 Å². The van der Waals surface area contributed by atoms with Crippen LogP contribution < -0.4 is 5.32 Å². The highest BCUT2D eigenvalue weighted by atomic mass is 35.5. The summed E-state index contributed by atoms with van der Waals surface area (Å²) in [7, 11) is 1.88. The predicted octanol–water partition coefficient (Wildman–Crippen LogP) is 4.00. The van der Waals surface area contributed by atoms with E-state index < -0.39 is 0 Å². The molecule has 5 nitrogen and oxygen atoms in total. The van der Waals surface area contributed by atoms with Crippen LogP contribution in [0.15, 0.2) is 54.9 Å². The first kappa shape index (κ1) is 16.7. The molecule has 0 aliphatic carbocycles. The van der Waals surface area contributed by atoms with Crippen molar-refractivity contribution in [1.29, 1.82) is 0 Å². The molecule has 2 aromatic carbocycles. The summed E-state index contributed by atoms with van der Waals surface area (Å²) in [6.45, 7) is 1.41. The van der Waals surface area contributed by atoms with Crippen molar-refractivity contribution in [2.45, 2.75) is 13.0 Å².